The maximum Gasteiger partial charge on any atom is 0.150 e. The maximum absolute atomic E-state index is 6.27. The molecule has 2 nitrogen and oxygen atoms in total. The second-order valence-electron chi connectivity index (χ2n) is 4.32. The van der Waals surface area contributed by atoms with Gasteiger partial charge in [-0.1, -0.05) is 48.5 Å². The lowest BCUT2D eigenvalue weighted by Crippen LogP contribution is -2.25. The summed E-state index contributed by atoms with van der Waals surface area (Å²) in [5.41, 5.74) is 8.85. The molecule has 1 heterocycles. The molecule has 2 N–H and O–H groups in total. The highest BCUT2D eigenvalue weighted by atomic mass is 32.2. The Morgan fingerprint density at radius 2 is 2.28 bits per heavy atom. The Balaban J connectivity index is 2.25. The minimum Gasteiger partial charge on any atom is -0.326 e. The summed E-state index contributed by atoms with van der Waals surface area (Å²) in [7, 11) is 0. The van der Waals surface area contributed by atoms with Crippen molar-refractivity contribution in [3.63, 3.8) is 0 Å². The van der Waals surface area contributed by atoms with Crippen LogP contribution in [0.25, 0.3) is 0 Å². The number of benzene rings is 1. The summed E-state index contributed by atoms with van der Waals surface area (Å²) in [4.78, 5) is 4.35. The second kappa shape index (κ2) is 6.36. The molecule has 0 amide bonds. The van der Waals surface area contributed by atoms with Crippen molar-refractivity contribution < 1.29 is 0 Å². The van der Waals surface area contributed by atoms with E-state index in [1.165, 1.54) is 11.1 Å². The highest BCUT2D eigenvalue weighted by Gasteiger charge is 2.21. The molecule has 0 aliphatic carbocycles. The van der Waals surface area contributed by atoms with Gasteiger partial charge in [0.15, 0.2) is 0 Å². The quantitative estimate of drug-likeness (QED) is 0.840. The number of nitrogens with zero attached hydrogens (tertiary/aromatic N) is 1. The fraction of sp³-hybridized carbons (Fsp3) is 0.357. The maximum atomic E-state index is 6.27. The molecule has 0 radical (unpaired) electrons. The molecular weight excluding hydrogens is 260 g/mol. The van der Waals surface area contributed by atoms with Gasteiger partial charge in [-0.15, -0.1) is 11.3 Å². The van der Waals surface area contributed by atoms with E-state index < -0.39 is 0 Å². The van der Waals surface area contributed by atoms with Gasteiger partial charge in [0.05, 0.1) is 5.25 Å². The van der Waals surface area contributed by atoms with Crippen molar-refractivity contribution in [2.24, 2.45) is 5.73 Å². The summed E-state index contributed by atoms with van der Waals surface area (Å²) in [6.45, 7) is 4.25. The van der Waals surface area contributed by atoms with Crippen molar-refractivity contribution in [1.82, 2.24) is 4.98 Å². The lowest BCUT2D eigenvalue weighted by molar-refractivity contribution is 0.634. The minimum absolute atomic E-state index is 0.153. The predicted molar refractivity (Wildman–Crippen MR) is 80.2 cm³/mol. The first-order chi connectivity index (χ1) is 8.70. The van der Waals surface area contributed by atoms with Gasteiger partial charge in [0.1, 0.15) is 4.34 Å². The number of hydrogen-bond acceptors (Lipinski definition) is 4. The molecule has 0 aliphatic heterocycles. The molecule has 2 unspecified atom stereocenters. The number of rotatable bonds is 5. The first kappa shape index (κ1) is 13.6. The molecular formula is C14H18N2S2. The van der Waals surface area contributed by atoms with Crippen LogP contribution in [-0.4, -0.2) is 11.0 Å². The fourth-order valence-corrected chi connectivity index (χ4v) is 3.89. The van der Waals surface area contributed by atoms with Gasteiger partial charge in [-0.25, -0.2) is 4.98 Å². The molecule has 1 aromatic heterocycles. The molecule has 18 heavy (non-hydrogen) atoms. The third-order valence-electron chi connectivity index (χ3n) is 2.87. The summed E-state index contributed by atoms with van der Waals surface area (Å²) < 4.78 is 1.09. The Morgan fingerprint density at radius 3 is 2.89 bits per heavy atom. The van der Waals surface area contributed by atoms with Crippen LogP contribution in [0.1, 0.15) is 29.7 Å². The van der Waals surface area contributed by atoms with E-state index in [9.17, 15) is 0 Å². The zero-order valence-electron chi connectivity index (χ0n) is 10.7. The lowest BCUT2D eigenvalue weighted by atomic mass is 10.0. The number of nitrogens with two attached hydrogens (primary N) is 1. The van der Waals surface area contributed by atoms with E-state index in [1.54, 1.807) is 23.1 Å². The van der Waals surface area contributed by atoms with E-state index in [2.05, 4.69) is 43.1 Å². The second-order valence-corrected chi connectivity index (χ2v) is 6.61. The number of thioether (sulfide) groups is 1. The van der Waals surface area contributed by atoms with Gasteiger partial charge >= 0.3 is 0 Å². The molecule has 1 aromatic carbocycles. The third-order valence-corrected chi connectivity index (χ3v) is 5.19. The van der Waals surface area contributed by atoms with Crippen molar-refractivity contribution in [2.45, 2.75) is 35.9 Å². The van der Waals surface area contributed by atoms with Gasteiger partial charge in [-0.3, -0.25) is 0 Å². The van der Waals surface area contributed by atoms with Crippen LogP contribution in [0.2, 0.25) is 0 Å². The van der Waals surface area contributed by atoms with Crippen LogP contribution in [0.15, 0.2) is 40.2 Å². The summed E-state index contributed by atoms with van der Waals surface area (Å²) in [6, 6.07) is 8.75. The SMILES string of the molecule is CCC(N)C(Sc1nccs1)c1cccc(C)c1. The molecule has 2 aromatic rings. The van der Waals surface area contributed by atoms with Crippen LogP contribution in [0.5, 0.6) is 0 Å². The van der Waals surface area contributed by atoms with E-state index in [0.717, 1.165) is 10.8 Å². The van der Waals surface area contributed by atoms with E-state index >= 15 is 0 Å². The number of thiazole rings is 1. The Hall–Kier alpha value is -0.840. The molecule has 2 atom stereocenters. The highest BCUT2D eigenvalue weighted by Crippen LogP contribution is 2.39. The Labute approximate surface area is 117 Å². The molecule has 0 saturated carbocycles. The summed E-state index contributed by atoms with van der Waals surface area (Å²) in [6.07, 6.45) is 2.81. The van der Waals surface area contributed by atoms with E-state index in [0.29, 0.717) is 0 Å². The molecule has 0 aliphatic rings. The van der Waals surface area contributed by atoms with Crippen molar-refractivity contribution >= 4 is 23.1 Å². The van der Waals surface area contributed by atoms with Crippen LogP contribution in [0.4, 0.5) is 0 Å². The van der Waals surface area contributed by atoms with Gasteiger partial charge < -0.3 is 5.73 Å². The zero-order chi connectivity index (χ0) is 13.0. The first-order valence-corrected chi connectivity index (χ1v) is 7.85. The van der Waals surface area contributed by atoms with Crippen LogP contribution >= 0.6 is 23.1 Å². The zero-order valence-corrected chi connectivity index (χ0v) is 12.3. The number of aryl methyl sites for hydroxylation is 1. The van der Waals surface area contributed by atoms with Crippen LogP contribution < -0.4 is 5.73 Å². The van der Waals surface area contributed by atoms with Gasteiger partial charge in [-0.05, 0) is 18.9 Å². The summed E-state index contributed by atoms with van der Waals surface area (Å²) >= 11 is 3.45. The molecule has 96 valence electrons. The Bertz CT molecular complexity index is 482. The molecule has 0 bridgehead atoms. The Kier molecular flexibility index (Phi) is 4.80. The lowest BCUT2D eigenvalue weighted by Gasteiger charge is -2.22. The minimum atomic E-state index is 0.153. The average Bonchev–Trinajstić information content (AvgIpc) is 2.88. The molecule has 4 heteroatoms. The monoisotopic (exact) mass is 278 g/mol. The molecule has 0 fully saturated rings. The molecule has 0 saturated heterocycles. The van der Waals surface area contributed by atoms with E-state index in [1.807, 2.05) is 11.6 Å². The van der Waals surface area contributed by atoms with Crippen LogP contribution in [-0.2, 0) is 0 Å². The van der Waals surface area contributed by atoms with Gasteiger partial charge in [-0.2, -0.15) is 0 Å². The van der Waals surface area contributed by atoms with Crippen LogP contribution in [0.3, 0.4) is 0 Å². The Morgan fingerprint density at radius 1 is 1.44 bits per heavy atom. The fourth-order valence-electron chi connectivity index (χ4n) is 1.84. The molecule has 0 spiro atoms. The van der Waals surface area contributed by atoms with E-state index in [-0.39, 0.29) is 11.3 Å². The first-order valence-electron chi connectivity index (χ1n) is 6.09. The van der Waals surface area contributed by atoms with Gasteiger partial charge in [0.25, 0.3) is 0 Å². The topological polar surface area (TPSA) is 38.9 Å². The number of aromatic nitrogens is 1. The van der Waals surface area contributed by atoms with E-state index in [4.69, 9.17) is 5.73 Å². The van der Waals surface area contributed by atoms with Crippen molar-refractivity contribution in [3.8, 4) is 0 Å². The third kappa shape index (κ3) is 3.34. The smallest absolute Gasteiger partial charge is 0.150 e. The van der Waals surface area contributed by atoms with Gasteiger partial charge in [0.2, 0.25) is 0 Å². The highest BCUT2D eigenvalue weighted by molar-refractivity contribution is 8.01. The summed E-state index contributed by atoms with van der Waals surface area (Å²) in [5.74, 6) is 0. The average molecular weight is 278 g/mol. The number of hydrogen-bond donors (Lipinski definition) is 1. The molecule has 2 rings (SSSR count). The summed E-state index contributed by atoms with van der Waals surface area (Å²) in [5, 5.41) is 2.29. The standard InChI is InChI=1S/C14H18N2S2/c1-3-12(15)13(18-14-16-7-8-17-14)11-6-4-5-10(2)9-11/h4-9,12-13H,3,15H2,1-2H3. The van der Waals surface area contributed by atoms with Crippen LogP contribution in [0, 0.1) is 6.92 Å². The van der Waals surface area contributed by atoms with Gasteiger partial charge in [0, 0.05) is 17.6 Å². The predicted octanol–water partition coefficient (Wildman–Crippen LogP) is 4.02. The van der Waals surface area contributed by atoms with Crippen molar-refractivity contribution in [3.05, 3.63) is 47.0 Å². The van der Waals surface area contributed by atoms with Crippen molar-refractivity contribution in [1.29, 1.82) is 0 Å². The van der Waals surface area contributed by atoms with Crippen molar-refractivity contribution in [2.75, 3.05) is 0 Å². The largest absolute Gasteiger partial charge is 0.326 e. The normalized spacial score (nSPS) is 14.4.